The number of fused-ring (bicyclic) bond motifs is 1. The zero-order valence-corrected chi connectivity index (χ0v) is 17.3. The van der Waals surface area contributed by atoms with Gasteiger partial charge in [0.25, 0.3) is 11.8 Å². The summed E-state index contributed by atoms with van der Waals surface area (Å²) in [7, 11) is 1.54. The summed E-state index contributed by atoms with van der Waals surface area (Å²) in [4.78, 5) is 31.4. The Morgan fingerprint density at radius 1 is 0.900 bits per heavy atom. The molecule has 0 N–H and O–H groups in total. The first-order valence-corrected chi connectivity index (χ1v) is 10.7. The van der Waals surface area contributed by atoms with Crippen molar-refractivity contribution in [3.63, 3.8) is 0 Å². The number of benzene rings is 2. The summed E-state index contributed by atoms with van der Waals surface area (Å²) in [6.45, 7) is 0.694. The van der Waals surface area contributed by atoms with E-state index in [4.69, 9.17) is 4.74 Å². The van der Waals surface area contributed by atoms with Crippen LogP contribution in [-0.4, -0.2) is 25.5 Å². The van der Waals surface area contributed by atoms with E-state index in [1.807, 2.05) is 46.7 Å². The summed E-state index contributed by atoms with van der Waals surface area (Å²) in [5, 5.41) is 1.92. The Morgan fingerprint density at radius 2 is 1.67 bits per heavy atom. The Bertz CT molecular complexity index is 1170. The van der Waals surface area contributed by atoms with Gasteiger partial charge >= 0.3 is 0 Å². The topological polar surface area (TPSA) is 49.9 Å². The van der Waals surface area contributed by atoms with Crippen molar-refractivity contribution in [1.29, 1.82) is 0 Å². The molecule has 0 aliphatic carbocycles. The maximum absolute atomic E-state index is 13.8. The maximum Gasteiger partial charge on any atom is 0.282 e. The fourth-order valence-corrected chi connectivity index (χ4v) is 4.97. The van der Waals surface area contributed by atoms with Gasteiger partial charge in [0.05, 0.1) is 18.4 Å². The number of hydrogen-bond acceptors (Lipinski definition) is 5. The second-order valence-electron chi connectivity index (χ2n) is 7.20. The second-order valence-corrected chi connectivity index (χ2v) is 8.15. The van der Waals surface area contributed by atoms with Gasteiger partial charge in [-0.1, -0.05) is 36.4 Å². The number of amides is 2. The van der Waals surface area contributed by atoms with Gasteiger partial charge in [0.15, 0.2) is 0 Å². The van der Waals surface area contributed by atoms with Crippen molar-refractivity contribution < 1.29 is 14.3 Å². The van der Waals surface area contributed by atoms with Crippen molar-refractivity contribution in [2.24, 2.45) is 0 Å². The molecule has 6 heteroatoms. The SMILES string of the molecule is COc1ccccc1N1C(=O)C(c2cccs2)=C(N2CCCc3ccccc32)C1=O. The van der Waals surface area contributed by atoms with E-state index in [0.29, 0.717) is 29.3 Å². The molecular formula is C24H20N2O3S. The number of nitrogens with zero attached hydrogens (tertiary/aromatic N) is 2. The van der Waals surface area contributed by atoms with E-state index in [9.17, 15) is 9.59 Å². The lowest BCUT2D eigenvalue weighted by molar-refractivity contribution is -0.120. The van der Waals surface area contributed by atoms with Gasteiger partial charge in [0.2, 0.25) is 0 Å². The molecule has 0 radical (unpaired) electrons. The third-order valence-electron chi connectivity index (χ3n) is 5.53. The summed E-state index contributed by atoms with van der Waals surface area (Å²) < 4.78 is 5.44. The van der Waals surface area contributed by atoms with Crippen molar-refractivity contribution in [3.8, 4) is 5.75 Å². The van der Waals surface area contributed by atoms with Gasteiger partial charge in [-0.05, 0) is 48.1 Å². The fraction of sp³-hybridized carbons (Fsp3) is 0.167. The average molecular weight is 417 g/mol. The van der Waals surface area contributed by atoms with E-state index < -0.39 is 0 Å². The van der Waals surface area contributed by atoms with Gasteiger partial charge in [-0.25, -0.2) is 4.90 Å². The number of aryl methyl sites for hydroxylation is 1. The summed E-state index contributed by atoms with van der Waals surface area (Å²) in [5.41, 5.74) is 3.55. The van der Waals surface area contributed by atoms with Gasteiger partial charge in [-0.3, -0.25) is 9.59 Å². The Kier molecular flexibility index (Phi) is 4.64. The third-order valence-corrected chi connectivity index (χ3v) is 6.42. The van der Waals surface area contributed by atoms with E-state index in [1.165, 1.54) is 21.8 Å². The van der Waals surface area contributed by atoms with Gasteiger partial charge in [0, 0.05) is 17.1 Å². The zero-order chi connectivity index (χ0) is 20.7. The molecule has 0 bridgehead atoms. The van der Waals surface area contributed by atoms with E-state index in [1.54, 1.807) is 25.3 Å². The van der Waals surface area contributed by atoms with Crippen LogP contribution in [0.25, 0.3) is 5.57 Å². The molecule has 2 aromatic carbocycles. The summed E-state index contributed by atoms with van der Waals surface area (Å²) >= 11 is 1.47. The average Bonchev–Trinajstić information content (AvgIpc) is 3.39. The highest BCUT2D eigenvalue weighted by molar-refractivity contribution is 7.11. The number of ether oxygens (including phenoxy) is 1. The molecule has 0 fully saturated rings. The van der Waals surface area contributed by atoms with Crippen molar-refractivity contribution in [1.82, 2.24) is 0 Å². The van der Waals surface area contributed by atoms with Crippen LogP contribution in [0.1, 0.15) is 16.9 Å². The van der Waals surface area contributed by atoms with Gasteiger partial charge < -0.3 is 9.64 Å². The van der Waals surface area contributed by atoms with Gasteiger partial charge in [0.1, 0.15) is 11.4 Å². The number of para-hydroxylation sites is 3. The third kappa shape index (κ3) is 2.83. The number of carbonyl (C=O) groups is 2. The summed E-state index contributed by atoms with van der Waals surface area (Å²) in [6.07, 6.45) is 1.89. The molecule has 0 atom stereocenters. The Morgan fingerprint density at radius 3 is 2.43 bits per heavy atom. The lowest BCUT2D eigenvalue weighted by atomic mass is 10.00. The lowest BCUT2D eigenvalue weighted by Gasteiger charge is -2.32. The van der Waals surface area contributed by atoms with E-state index in [0.717, 1.165) is 23.4 Å². The van der Waals surface area contributed by atoms with Crippen LogP contribution in [0.3, 0.4) is 0 Å². The molecule has 2 aliphatic rings. The molecule has 150 valence electrons. The minimum absolute atomic E-state index is 0.315. The van der Waals surface area contributed by atoms with Gasteiger partial charge in [-0.2, -0.15) is 0 Å². The standard InChI is InChI=1S/C24H20N2O3S/c1-29-19-12-5-4-11-18(19)26-23(27)21(20-13-7-15-30-20)22(24(26)28)25-14-6-9-16-8-2-3-10-17(16)25/h2-5,7-8,10-13,15H,6,9,14H2,1H3. The molecule has 5 rings (SSSR count). The first kappa shape index (κ1) is 18.6. The van der Waals surface area contributed by atoms with Crippen LogP contribution < -0.4 is 14.5 Å². The van der Waals surface area contributed by atoms with E-state index in [2.05, 4.69) is 6.07 Å². The fourth-order valence-electron chi connectivity index (χ4n) is 4.21. The predicted molar refractivity (Wildman–Crippen MR) is 119 cm³/mol. The molecule has 1 aromatic heterocycles. The summed E-state index contributed by atoms with van der Waals surface area (Å²) in [6, 6.07) is 19.0. The van der Waals surface area contributed by atoms with Crippen molar-refractivity contribution in [2.45, 2.75) is 12.8 Å². The van der Waals surface area contributed by atoms with Crippen molar-refractivity contribution in [2.75, 3.05) is 23.5 Å². The van der Waals surface area contributed by atoms with E-state index >= 15 is 0 Å². The van der Waals surface area contributed by atoms with Crippen LogP contribution in [0.5, 0.6) is 5.75 Å². The minimum atomic E-state index is -0.315. The quantitative estimate of drug-likeness (QED) is 0.588. The molecule has 5 nitrogen and oxygen atoms in total. The number of anilines is 2. The minimum Gasteiger partial charge on any atom is -0.495 e. The van der Waals surface area contributed by atoms with Crippen LogP contribution in [0.2, 0.25) is 0 Å². The first-order chi connectivity index (χ1) is 14.7. The Balaban J connectivity index is 1.69. The molecule has 0 spiro atoms. The molecule has 0 unspecified atom stereocenters. The Hall–Kier alpha value is -3.38. The van der Waals surface area contributed by atoms with Crippen molar-refractivity contribution >= 4 is 40.1 Å². The number of methoxy groups -OCH3 is 1. The van der Waals surface area contributed by atoms with Crippen LogP contribution in [0.4, 0.5) is 11.4 Å². The van der Waals surface area contributed by atoms with Crippen molar-refractivity contribution in [3.05, 3.63) is 82.2 Å². The highest BCUT2D eigenvalue weighted by Gasteiger charge is 2.44. The highest BCUT2D eigenvalue weighted by atomic mass is 32.1. The predicted octanol–water partition coefficient (Wildman–Crippen LogP) is 4.49. The molecule has 3 aromatic rings. The lowest BCUT2D eigenvalue weighted by Crippen LogP contribution is -2.37. The normalized spacial score (nSPS) is 16.3. The monoisotopic (exact) mass is 416 g/mol. The largest absolute Gasteiger partial charge is 0.495 e. The zero-order valence-electron chi connectivity index (χ0n) is 16.5. The van der Waals surface area contributed by atoms with Crippen LogP contribution in [0, 0.1) is 0 Å². The van der Waals surface area contributed by atoms with E-state index in [-0.39, 0.29) is 11.8 Å². The number of hydrogen-bond donors (Lipinski definition) is 0. The smallest absolute Gasteiger partial charge is 0.282 e. The molecule has 2 aliphatic heterocycles. The van der Waals surface area contributed by atoms with Gasteiger partial charge in [-0.15, -0.1) is 11.3 Å². The number of imide groups is 1. The molecule has 30 heavy (non-hydrogen) atoms. The maximum atomic E-state index is 13.8. The summed E-state index contributed by atoms with van der Waals surface area (Å²) in [5.74, 6) is -0.139. The molecule has 3 heterocycles. The highest BCUT2D eigenvalue weighted by Crippen LogP contribution is 2.42. The molecule has 0 saturated carbocycles. The van der Waals surface area contributed by atoms with Crippen LogP contribution in [0.15, 0.2) is 71.7 Å². The molecular weight excluding hydrogens is 396 g/mol. The number of thiophene rings is 1. The van der Waals surface area contributed by atoms with Crippen LogP contribution in [-0.2, 0) is 16.0 Å². The Labute approximate surface area is 178 Å². The second kappa shape index (κ2) is 7.46. The number of rotatable bonds is 4. The molecule has 0 saturated heterocycles. The number of carbonyl (C=O) groups excluding carboxylic acids is 2. The first-order valence-electron chi connectivity index (χ1n) is 9.86. The van der Waals surface area contributed by atoms with Crippen LogP contribution >= 0.6 is 11.3 Å². The molecule has 2 amide bonds.